The van der Waals surface area contributed by atoms with Gasteiger partial charge in [-0.25, -0.2) is 4.79 Å². The van der Waals surface area contributed by atoms with Crippen LogP contribution in [0.1, 0.15) is 27.9 Å². The largest absolute Gasteiger partial charge is 0.476 e. The predicted octanol–water partition coefficient (Wildman–Crippen LogP) is -0.465. The molecule has 2 aromatic heterocycles. The number of nitrogens with one attached hydrogen (secondary N) is 1. The number of aryl methyl sites for hydroxylation is 1. The Balaban J connectivity index is 2.09. The molecule has 0 fully saturated rings. The van der Waals surface area contributed by atoms with E-state index in [0.29, 0.717) is 6.54 Å². The summed E-state index contributed by atoms with van der Waals surface area (Å²) in [6, 6.07) is 1.28. The maximum absolute atomic E-state index is 11.9. The van der Waals surface area contributed by atoms with E-state index in [2.05, 4.69) is 15.5 Å². The van der Waals surface area contributed by atoms with Crippen molar-refractivity contribution in [2.75, 3.05) is 5.32 Å². The summed E-state index contributed by atoms with van der Waals surface area (Å²) in [5.41, 5.74) is 5.20. The molecule has 0 aromatic carbocycles. The minimum Gasteiger partial charge on any atom is -0.476 e. The zero-order valence-electron chi connectivity index (χ0n) is 11.7. The molecule has 2 aromatic rings. The van der Waals surface area contributed by atoms with Gasteiger partial charge in [0.05, 0.1) is 5.69 Å². The maximum atomic E-state index is 11.9. The summed E-state index contributed by atoms with van der Waals surface area (Å²) in [4.78, 5) is 33.9. The first-order chi connectivity index (χ1) is 10.4. The van der Waals surface area contributed by atoms with Crippen molar-refractivity contribution < 1.29 is 19.5 Å². The third-order valence-electron chi connectivity index (χ3n) is 2.76. The van der Waals surface area contributed by atoms with Gasteiger partial charge in [-0.15, -0.1) is 0 Å². The number of anilines is 1. The first kappa shape index (κ1) is 15.2. The van der Waals surface area contributed by atoms with E-state index in [1.807, 2.05) is 6.92 Å². The van der Waals surface area contributed by atoms with Crippen LogP contribution in [0.5, 0.6) is 0 Å². The smallest absolute Gasteiger partial charge is 0.356 e. The summed E-state index contributed by atoms with van der Waals surface area (Å²) in [7, 11) is 0. The number of carboxylic acids is 1. The molecule has 2 rings (SSSR count). The second kappa shape index (κ2) is 6.08. The fourth-order valence-corrected chi connectivity index (χ4v) is 1.76. The molecule has 0 aliphatic carbocycles. The van der Waals surface area contributed by atoms with E-state index in [9.17, 15) is 14.4 Å². The fraction of sp³-hybridized carbons (Fsp3) is 0.250. The molecule has 0 unspecified atom stereocenters. The molecule has 0 aliphatic rings. The van der Waals surface area contributed by atoms with E-state index in [4.69, 9.17) is 10.8 Å². The van der Waals surface area contributed by atoms with E-state index >= 15 is 0 Å². The molecule has 0 saturated heterocycles. The molecule has 0 radical (unpaired) electrons. The van der Waals surface area contributed by atoms with Crippen LogP contribution in [-0.2, 0) is 17.9 Å². The average molecular weight is 306 g/mol. The Morgan fingerprint density at radius 1 is 1.32 bits per heavy atom. The molecule has 0 aliphatic heterocycles. The highest BCUT2D eigenvalue weighted by molar-refractivity contribution is 6.01. The van der Waals surface area contributed by atoms with Crippen molar-refractivity contribution in [1.82, 2.24) is 19.6 Å². The van der Waals surface area contributed by atoms with Gasteiger partial charge >= 0.3 is 5.97 Å². The molecule has 4 N–H and O–H groups in total. The molecule has 0 bridgehead atoms. The molecule has 2 heterocycles. The number of carbonyl (C=O) groups is 3. The summed E-state index contributed by atoms with van der Waals surface area (Å²) in [5.74, 6) is -2.42. The molecule has 116 valence electrons. The second-order valence-corrected chi connectivity index (χ2v) is 4.36. The van der Waals surface area contributed by atoms with E-state index in [1.54, 1.807) is 0 Å². The Hall–Kier alpha value is -3.17. The molecule has 2 amide bonds. The van der Waals surface area contributed by atoms with Crippen LogP contribution in [0.3, 0.4) is 0 Å². The highest BCUT2D eigenvalue weighted by Crippen LogP contribution is 2.13. The lowest BCUT2D eigenvalue weighted by molar-refractivity contribution is -0.116. The van der Waals surface area contributed by atoms with Crippen LogP contribution in [0, 0.1) is 0 Å². The van der Waals surface area contributed by atoms with E-state index in [-0.39, 0.29) is 23.6 Å². The van der Waals surface area contributed by atoms with Gasteiger partial charge in [0, 0.05) is 18.9 Å². The van der Waals surface area contributed by atoms with E-state index in [1.165, 1.54) is 27.8 Å². The van der Waals surface area contributed by atoms with Crippen LogP contribution in [-0.4, -0.2) is 42.5 Å². The summed E-state index contributed by atoms with van der Waals surface area (Å²) >= 11 is 0. The molecule has 0 atom stereocenters. The van der Waals surface area contributed by atoms with Crippen molar-refractivity contribution in [3.8, 4) is 0 Å². The zero-order valence-corrected chi connectivity index (χ0v) is 11.7. The summed E-state index contributed by atoms with van der Waals surface area (Å²) in [6.45, 7) is 2.13. The number of hydrogen-bond donors (Lipinski definition) is 3. The molecule has 10 heteroatoms. The van der Waals surface area contributed by atoms with Gasteiger partial charge in [0.15, 0.2) is 11.4 Å². The number of nitrogens with two attached hydrogens (primary N) is 1. The van der Waals surface area contributed by atoms with Crippen LogP contribution in [0.15, 0.2) is 18.5 Å². The highest BCUT2D eigenvalue weighted by atomic mass is 16.4. The van der Waals surface area contributed by atoms with Crippen molar-refractivity contribution >= 4 is 23.5 Å². The normalized spacial score (nSPS) is 10.4. The number of aromatic carboxylic acids is 1. The lowest BCUT2D eigenvalue weighted by Crippen LogP contribution is -2.21. The van der Waals surface area contributed by atoms with Gasteiger partial charge in [-0.2, -0.15) is 10.2 Å². The lowest BCUT2D eigenvalue weighted by atomic mass is 10.3. The van der Waals surface area contributed by atoms with Gasteiger partial charge in [-0.1, -0.05) is 0 Å². The minimum atomic E-state index is -1.18. The summed E-state index contributed by atoms with van der Waals surface area (Å²) < 4.78 is 2.64. The maximum Gasteiger partial charge on any atom is 0.356 e. The predicted molar refractivity (Wildman–Crippen MR) is 74.2 cm³/mol. The molecule has 22 heavy (non-hydrogen) atoms. The average Bonchev–Trinajstić information content (AvgIpc) is 3.05. The monoisotopic (exact) mass is 306 g/mol. The lowest BCUT2D eigenvalue weighted by Gasteiger charge is -2.04. The minimum absolute atomic E-state index is 0.0399. The fourth-order valence-electron chi connectivity index (χ4n) is 1.76. The van der Waals surface area contributed by atoms with Crippen molar-refractivity contribution in [2.24, 2.45) is 5.73 Å². The zero-order chi connectivity index (χ0) is 16.3. The number of rotatable bonds is 6. The molecular formula is C12H14N6O4. The van der Waals surface area contributed by atoms with E-state index < -0.39 is 17.8 Å². The van der Waals surface area contributed by atoms with Crippen molar-refractivity contribution in [3.63, 3.8) is 0 Å². The number of nitrogens with zero attached hydrogens (tertiary/aromatic N) is 4. The first-order valence-corrected chi connectivity index (χ1v) is 6.34. The standard InChI is InChI=1S/C12H14N6O4/c1-2-17-5-8(10(16-17)11(13)20)14-9(19)6-18-4-3-7(15-18)12(21)22/h3-5H,2,6H2,1H3,(H2,13,20)(H,14,19)(H,21,22). The summed E-state index contributed by atoms with van der Waals surface area (Å²) in [5, 5.41) is 18.9. The third-order valence-corrected chi connectivity index (χ3v) is 2.76. The van der Waals surface area contributed by atoms with Crippen molar-refractivity contribution in [1.29, 1.82) is 0 Å². The number of aromatic nitrogens is 4. The van der Waals surface area contributed by atoms with Gasteiger partial charge in [-0.3, -0.25) is 19.0 Å². The summed E-state index contributed by atoms with van der Waals surface area (Å²) in [6.07, 6.45) is 2.86. The molecular weight excluding hydrogens is 292 g/mol. The van der Waals surface area contributed by atoms with E-state index in [0.717, 1.165) is 0 Å². The van der Waals surface area contributed by atoms with Gasteiger partial charge < -0.3 is 16.2 Å². The highest BCUT2D eigenvalue weighted by Gasteiger charge is 2.16. The number of primary amides is 1. The topological polar surface area (TPSA) is 145 Å². The Bertz CT molecular complexity index is 732. The van der Waals surface area contributed by atoms with Crippen LogP contribution in [0.25, 0.3) is 0 Å². The van der Waals surface area contributed by atoms with Gasteiger partial charge in [0.2, 0.25) is 5.91 Å². The Labute approximate surface area is 124 Å². The second-order valence-electron chi connectivity index (χ2n) is 4.36. The third kappa shape index (κ3) is 3.29. The number of amides is 2. The number of carboxylic acid groups (broad SMARTS) is 1. The van der Waals surface area contributed by atoms with Gasteiger partial charge in [0.25, 0.3) is 5.91 Å². The Morgan fingerprint density at radius 2 is 2.05 bits per heavy atom. The van der Waals surface area contributed by atoms with Crippen LogP contribution < -0.4 is 11.1 Å². The molecule has 10 nitrogen and oxygen atoms in total. The molecule has 0 saturated carbocycles. The van der Waals surface area contributed by atoms with Gasteiger partial charge in [0.1, 0.15) is 6.54 Å². The Kier molecular flexibility index (Phi) is 4.20. The van der Waals surface area contributed by atoms with Crippen LogP contribution in [0.2, 0.25) is 0 Å². The first-order valence-electron chi connectivity index (χ1n) is 6.34. The van der Waals surface area contributed by atoms with Crippen molar-refractivity contribution in [3.05, 3.63) is 29.8 Å². The molecule has 0 spiro atoms. The number of hydrogen-bond acceptors (Lipinski definition) is 5. The number of carbonyl (C=O) groups excluding carboxylic acids is 2. The van der Waals surface area contributed by atoms with Crippen LogP contribution >= 0.6 is 0 Å². The SMILES string of the molecule is CCn1cc(NC(=O)Cn2ccc(C(=O)O)n2)c(C(N)=O)n1. The van der Waals surface area contributed by atoms with Crippen LogP contribution in [0.4, 0.5) is 5.69 Å². The quantitative estimate of drug-likeness (QED) is 0.658. The van der Waals surface area contributed by atoms with Crippen molar-refractivity contribution in [2.45, 2.75) is 20.0 Å². The Morgan fingerprint density at radius 3 is 2.59 bits per heavy atom. The van der Waals surface area contributed by atoms with Gasteiger partial charge in [-0.05, 0) is 13.0 Å².